The second-order valence-corrected chi connectivity index (χ2v) is 16.6. The number of fused-ring (bicyclic) bond motifs is 3. The summed E-state index contributed by atoms with van der Waals surface area (Å²) in [5.74, 6) is 1.49. The number of pyridine rings is 1. The number of piperazine rings is 1. The number of aliphatic carboxylic acids is 1. The summed E-state index contributed by atoms with van der Waals surface area (Å²) in [6, 6.07) is 16.6. The number of nitrogens with zero attached hydrogens (tertiary/aromatic N) is 3. The summed E-state index contributed by atoms with van der Waals surface area (Å²) in [5, 5.41) is 26.4. The number of benzene rings is 2. The highest BCUT2D eigenvalue weighted by molar-refractivity contribution is 6.30. The third-order valence-corrected chi connectivity index (χ3v) is 12.9. The molecule has 1 spiro atoms. The van der Waals surface area contributed by atoms with Crippen LogP contribution in [0.5, 0.6) is 5.75 Å². The van der Waals surface area contributed by atoms with Gasteiger partial charge in [-0.3, -0.25) is 15.3 Å². The van der Waals surface area contributed by atoms with Gasteiger partial charge in [0, 0.05) is 73.6 Å². The van der Waals surface area contributed by atoms with E-state index >= 15 is 0 Å². The summed E-state index contributed by atoms with van der Waals surface area (Å²) in [4.78, 5) is 22.3. The lowest BCUT2D eigenvalue weighted by molar-refractivity contribution is -0.144. The van der Waals surface area contributed by atoms with Gasteiger partial charge in [0.1, 0.15) is 17.1 Å². The molecule has 7 rings (SSSR count). The topological polar surface area (TPSA) is 114 Å². The van der Waals surface area contributed by atoms with Gasteiger partial charge in [0.15, 0.2) is 0 Å². The van der Waals surface area contributed by atoms with Crippen molar-refractivity contribution in [1.29, 1.82) is 5.41 Å². The molecule has 1 saturated heterocycles. The second kappa shape index (κ2) is 16.7. The van der Waals surface area contributed by atoms with Crippen molar-refractivity contribution < 1.29 is 14.6 Å². The van der Waals surface area contributed by atoms with E-state index in [9.17, 15) is 9.90 Å². The molecule has 2 heterocycles. The molecule has 54 heavy (non-hydrogen) atoms. The second-order valence-electron chi connectivity index (χ2n) is 16.2. The summed E-state index contributed by atoms with van der Waals surface area (Å²) >= 11 is 6.32. The van der Waals surface area contributed by atoms with Gasteiger partial charge in [-0.15, -0.1) is 0 Å². The molecule has 2 atom stereocenters. The number of anilines is 1. The van der Waals surface area contributed by atoms with E-state index in [1.165, 1.54) is 40.8 Å². The minimum atomic E-state index is -1.05. The molecule has 4 N–H and O–H groups in total. The van der Waals surface area contributed by atoms with Crippen LogP contribution in [-0.4, -0.2) is 76.6 Å². The zero-order valence-electron chi connectivity index (χ0n) is 32.0. The van der Waals surface area contributed by atoms with Crippen LogP contribution >= 0.6 is 11.6 Å². The molecule has 0 amide bonds. The number of rotatable bonds is 13. The average molecular weight is 753 g/mol. The smallest absolute Gasteiger partial charge is 0.329 e. The van der Waals surface area contributed by atoms with Crippen LogP contribution < -0.4 is 15.4 Å². The van der Waals surface area contributed by atoms with E-state index in [1.807, 2.05) is 48.8 Å². The highest BCUT2D eigenvalue weighted by Gasteiger charge is 2.54. The van der Waals surface area contributed by atoms with Crippen molar-refractivity contribution in [2.45, 2.75) is 95.6 Å². The van der Waals surface area contributed by atoms with Gasteiger partial charge in [0.05, 0.1) is 6.61 Å². The maximum Gasteiger partial charge on any atom is 0.329 e. The van der Waals surface area contributed by atoms with Crippen molar-refractivity contribution >= 4 is 29.1 Å². The molecule has 2 aromatic carbocycles. The summed E-state index contributed by atoms with van der Waals surface area (Å²) in [6.07, 6.45) is 14.8. The van der Waals surface area contributed by atoms with Gasteiger partial charge in [0.25, 0.3) is 0 Å². The largest absolute Gasteiger partial charge is 0.493 e. The fourth-order valence-electron chi connectivity index (χ4n) is 9.67. The third-order valence-electron chi connectivity index (χ3n) is 12.7. The molecule has 1 aromatic heterocycles. The number of nitrogens with one attached hydrogen (secondary N) is 3. The lowest BCUT2D eigenvalue weighted by Gasteiger charge is -2.47. The summed E-state index contributed by atoms with van der Waals surface area (Å²) in [6.45, 7) is 10.3. The average Bonchev–Trinajstić information content (AvgIpc) is 3.46. The number of hydrogen-bond donors (Lipinski definition) is 4. The number of hydrogen-bond acceptors (Lipinski definition) is 7. The van der Waals surface area contributed by atoms with Crippen LogP contribution in [-0.2, 0) is 36.0 Å². The van der Waals surface area contributed by atoms with Crippen molar-refractivity contribution in [2.75, 3.05) is 44.6 Å². The van der Waals surface area contributed by atoms with Crippen molar-refractivity contribution in [3.05, 3.63) is 100.0 Å². The molecule has 0 bridgehead atoms. The van der Waals surface area contributed by atoms with Gasteiger partial charge < -0.3 is 25.4 Å². The Kier molecular flexibility index (Phi) is 11.8. The van der Waals surface area contributed by atoms with Gasteiger partial charge in [-0.1, -0.05) is 42.8 Å². The summed E-state index contributed by atoms with van der Waals surface area (Å²) in [5.41, 5.74) is 6.24. The highest BCUT2D eigenvalue weighted by atomic mass is 35.5. The van der Waals surface area contributed by atoms with Crippen LogP contribution in [0, 0.1) is 17.2 Å². The molecule has 4 aliphatic rings. The Morgan fingerprint density at radius 2 is 1.89 bits per heavy atom. The Hall–Kier alpha value is -4.08. The Morgan fingerprint density at radius 3 is 2.65 bits per heavy atom. The van der Waals surface area contributed by atoms with Gasteiger partial charge in [0.2, 0.25) is 0 Å². The minimum absolute atomic E-state index is 0.100. The number of carbonyl (C=O) groups is 1. The van der Waals surface area contributed by atoms with Crippen molar-refractivity contribution in [3.63, 3.8) is 0 Å². The molecule has 1 saturated carbocycles. The Bertz CT molecular complexity index is 1830. The SMILES string of the molecule is CCN/C=C\C(=N)N1CCN(Cc2ccc3c(c2)C2(CCC(Nc4cccc(Cl)c4)(C(=O)O)CC2)C(C[C@@H](C)COc2ccnc4c2CCCC4)C3)CC1. The standard InChI is InChI=1S/C44H57ClN6O3/c1-3-47-19-14-41(46)51-23-21-50(22-24-51)29-32-11-12-33-27-34(25-31(2)30-54-40-13-20-48-39-10-5-4-9-37(39)40)43(38(33)26-32)15-17-44(18-16-43,42(52)53)49-36-8-6-7-35(45)28-36/h6-8,11-14,19-20,26,28,31,34,46-47,49H,3-5,9-10,15-18,21-25,27,29-30H2,1-2H3,(H,52,53)/b19-14-,46-41?/t31-,34?,43?,44?/m1/s1. The molecule has 9 nitrogen and oxygen atoms in total. The molecule has 1 unspecified atom stereocenters. The number of carboxylic acid groups (broad SMARTS) is 1. The van der Waals surface area contributed by atoms with Crippen LogP contribution in [0.2, 0.25) is 5.02 Å². The normalized spacial score (nSPS) is 24.6. The highest BCUT2D eigenvalue weighted by Crippen LogP contribution is 2.56. The predicted molar refractivity (Wildman–Crippen MR) is 217 cm³/mol. The first-order valence-corrected chi connectivity index (χ1v) is 20.5. The number of amidine groups is 1. The van der Waals surface area contributed by atoms with E-state index in [-0.39, 0.29) is 5.41 Å². The Labute approximate surface area is 326 Å². The molecule has 3 aliphatic carbocycles. The number of carboxylic acids is 1. The quantitative estimate of drug-likeness (QED) is 0.103. The number of halogens is 1. The molecule has 3 aromatic rings. The summed E-state index contributed by atoms with van der Waals surface area (Å²) in [7, 11) is 0. The van der Waals surface area contributed by atoms with Crippen molar-refractivity contribution in [1.82, 2.24) is 20.1 Å². The number of aromatic nitrogens is 1. The van der Waals surface area contributed by atoms with Crippen LogP contribution in [0.1, 0.15) is 86.7 Å². The first-order chi connectivity index (χ1) is 26.2. The van der Waals surface area contributed by atoms with E-state index < -0.39 is 11.5 Å². The summed E-state index contributed by atoms with van der Waals surface area (Å²) < 4.78 is 6.55. The molecular weight excluding hydrogens is 696 g/mol. The maximum absolute atomic E-state index is 13.1. The first kappa shape index (κ1) is 38.2. The predicted octanol–water partition coefficient (Wildman–Crippen LogP) is 7.86. The molecule has 2 fully saturated rings. The van der Waals surface area contributed by atoms with Crippen molar-refractivity contribution in [2.24, 2.45) is 11.8 Å². The van der Waals surface area contributed by atoms with E-state index in [1.54, 1.807) is 0 Å². The number of aryl methyl sites for hydroxylation is 1. The molecule has 1 aliphatic heterocycles. The van der Waals surface area contributed by atoms with E-state index in [2.05, 4.69) is 57.5 Å². The van der Waals surface area contributed by atoms with E-state index in [0.717, 1.165) is 89.2 Å². The lowest BCUT2D eigenvalue weighted by atomic mass is 9.59. The minimum Gasteiger partial charge on any atom is -0.493 e. The van der Waals surface area contributed by atoms with Crippen molar-refractivity contribution in [3.8, 4) is 5.75 Å². The zero-order valence-corrected chi connectivity index (χ0v) is 32.8. The fraction of sp³-hybridized carbons (Fsp3) is 0.523. The molecule has 0 radical (unpaired) electrons. The zero-order chi connectivity index (χ0) is 37.7. The van der Waals surface area contributed by atoms with Gasteiger partial charge in [-0.25, -0.2) is 4.79 Å². The molecular formula is C44H57ClN6O3. The third kappa shape index (κ3) is 8.27. The van der Waals surface area contributed by atoms with Crippen LogP contribution in [0.4, 0.5) is 5.69 Å². The molecule has 10 heteroatoms. The van der Waals surface area contributed by atoms with Crippen LogP contribution in [0.15, 0.2) is 67.0 Å². The van der Waals surface area contributed by atoms with Crippen LogP contribution in [0.3, 0.4) is 0 Å². The van der Waals surface area contributed by atoms with Gasteiger partial charge in [-0.05, 0) is 135 Å². The lowest BCUT2D eigenvalue weighted by Crippen LogP contribution is -2.53. The van der Waals surface area contributed by atoms with Gasteiger partial charge >= 0.3 is 5.97 Å². The van der Waals surface area contributed by atoms with Crippen LogP contribution in [0.25, 0.3) is 0 Å². The number of ether oxygens (including phenoxy) is 1. The Morgan fingerprint density at radius 1 is 1.09 bits per heavy atom. The molecule has 288 valence electrons. The monoisotopic (exact) mass is 752 g/mol. The first-order valence-electron chi connectivity index (χ1n) is 20.1. The van der Waals surface area contributed by atoms with E-state index in [4.69, 9.17) is 21.7 Å². The van der Waals surface area contributed by atoms with E-state index in [0.29, 0.717) is 42.1 Å². The fourth-order valence-corrected chi connectivity index (χ4v) is 9.86. The van der Waals surface area contributed by atoms with Gasteiger partial charge in [-0.2, -0.15) is 0 Å². The maximum atomic E-state index is 13.1. The Balaban J connectivity index is 1.09.